The first-order chi connectivity index (χ1) is 6.54. The Labute approximate surface area is 85.4 Å². The van der Waals surface area contributed by atoms with Gasteiger partial charge in [-0.3, -0.25) is 0 Å². The van der Waals surface area contributed by atoms with Gasteiger partial charge in [-0.1, -0.05) is 0 Å². The Morgan fingerprint density at radius 1 is 1.43 bits per heavy atom. The Morgan fingerprint density at radius 2 is 2.07 bits per heavy atom. The van der Waals surface area contributed by atoms with Gasteiger partial charge in [0.2, 0.25) is 0 Å². The van der Waals surface area contributed by atoms with Gasteiger partial charge in [0.05, 0.1) is 6.61 Å². The van der Waals surface area contributed by atoms with Crippen molar-refractivity contribution in [2.45, 2.75) is 33.4 Å². The van der Waals surface area contributed by atoms with Gasteiger partial charge in [0.25, 0.3) is 0 Å². The highest BCUT2D eigenvalue weighted by Crippen LogP contribution is 2.15. The van der Waals surface area contributed by atoms with Gasteiger partial charge in [-0.05, 0) is 38.5 Å². The van der Waals surface area contributed by atoms with Crippen LogP contribution in [-0.4, -0.2) is 23.2 Å². The third-order valence-corrected chi connectivity index (χ3v) is 2.32. The molecule has 0 unspecified atom stereocenters. The molecule has 1 rings (SSSR count). The molecule has 0 aromatic carbocycles. The second-order valence-corrected chi connectivity index (χ2v) is 3.84. The molecule has 3 nitrogen and oxygen atoms in total. The predicted molar refractivity (Wildman–Crippen MR) is 58.4 cm³/mol. The Hall–Kier alpha value is -1.09. The third kappa shape index (κ3) is 2.45. The van der Waals surface area contributed by atoms with Crippen LogP contribution in [0.1, 0.15) is 25.1 Å². The SMILES string of the molecule is Cc1cc(CO)cc(N(C)C(C)C)n1. The van der Waals surface area contributed by atoms with Crippen molar-refractivity contribution in [3.8, 4) is 0 Å². The maximum Gasteiger partial charge on any atom is 0.129 e. The predicted octanol–water partition coefficient (Wildman–Crippen LogP) is 1.73. The van der Waals surface area contributed by atoms with Crippen LogP contribution in [-0.2, 0) is 6.61 Å². The van der Waals surface area contributed by atoms with Gasteiger partial charge in [0.1, 0.15) is 5.82 Å². The van der Waals surface area contributed by atoms with Gasteiger partial charge in [0.15, 0.2) is 0 Å². The topological polar surface area (TPSA) is 36.4 Å². The lowest BCUT2D eigenvalue weighted by molar-refractivity contribution is 0.281. The van der Waals surface area contributed by atoms with Crippen molar-refractivity contribution >= 4 is 5.82 Å². The fourth-order valence-electron chi connectivity index (χ4n) is 1.26. The molecule has 0 aliphatic rings. The molecule has 1 heterocycles. The van der Waals surface area contributed by atoms with Gasteiger partial charge in [-0.15, -0.1) is 0 Å². The number of nitrogens with zero attached hydrogens (tertiary/aromatic N) is 2. The zero-order valence-corrected chi connectivity index (χ0v) is 9.28. The molecule has 0 aliphatic carbocycles. The highest BCUT2D eigenvalue weighted by atomic mass is 16.3. The van der Waals surface area contributed by atoms with Crippen molar-refractivity contribution in [3.05, 3.63) is 23.4 Å². The molecule has 0 spiro atoms. The fourth-order valence-corrected chi connectivity index (χ4v) is 1.26. The van der Waals surface area contributed by atoms with Crippen LogP contribution < -0.4 is 4.90 Å². The van der Waals surface area contributed by atoms with Gasteiger partial charge >= 0.3 is 0 Å². The van der Waals surface area contributed by atoms with Gasteiger partial charge in [-0.25, -0.2) is 4.98 Å². The first-order valence-electron chi connectivity index (χ1n) is 4.86. The van der Waals surface area contributed by atoms with Crippen molar-refractivity contribution in [1.29, 1.82) is 0 Å². The molecule has 0 aliphatic heterocycles. The van der Waals surface area contributed by atoms with Crippen molar-refractivity contribution in [1.82, 2.24) is 4.98 Å². The lowest BCUT2D eigenvalue weighted by atomic mass is 10.2. The van der Waals surface area contributed by atoms with E-state index in [0.717, 1.165) is 17.1 Å². The number of aliphatic hydroxyl groups is 1. The Morgan fingerprint density at radius 3 is 2.57 bits per heavy atom. The minimum absolute atomic E-state index is 0.0717. The summed E-state index contributed by atoms with van der Waals surface area (Å²) in [5, 5.41) is 9.06. The number of hydrogen-bond acceptors (Lipinski definition) is 3. The summed E-state index contributed by atoms with van der Waals surface area (Å²) in [5.74, 6) is 0.920. The van der Waals surface area contributed by atoms with E-state index in [1.54, 1.807) is 0 Å². The molecule has 1 aromatic heterocycles. The molecular formula is C11H18N2O. The van der Waals surface area contributed by atoms with E-state index in [9.17, 15) is 0 Å². The van der Waals surface area contributed by atoms with Crippen LogP contribution in [0.3, 0.4) is 0 Å². The molecule has 0 bridgehead atoms. The van der Waals surface area contributed by atoms with Crippen LogP contribution in [0.2, 0.25) is 0 Å². The minimum Gasteiger partial charge on any atom is -0.392 e. The summed E-state index contributed by atoms with van der Waals surface area (Å²) in [4.78, 5) is 6.51. The van der Waals surface area contributed by atoms with Crippen molar-refractivity contribution < 1.29 is 5.11 Å². The summed E-state index contributed by atoms with van der Waals surface area (Å²) >= 11 is 0. The monoisotopic (exact) mass is 194 g/mol. The number of anilines is 1. The second-order valence-electron chi connectivity index (χ2n) is 3.84. The van der Waals surface area contributed by atoms with Crippen LogP contribution in [0.25, 0.3) is 0 Å². The highest BCUT2D eigenvalue weighted by Gasteiger charge is 2.07. The lowest BCUT2D eigenvalue weighted by Gasteiger charge is -2.23. The molecule has 78 valence electrons. The van der Waals surface area contributed by atoms with Crippen LogP contribution in [0.15, 0.2) is 12.1 Å². The zero-order chi connectivity index (χ0) is 10.7. The van der Waals surface area contributed by atoms with E-state index in [4.69, 9.17) is 5.11 Å². The first-order valence-corrected chi connectivity index (χ1v) is 4.86. The quantitative estimate of drug-likeness (QED) is 0.796. The summed E-state index contributed by atoms with van der Waals surface area (Å²) in [5.41, 5.74) is 1.86. The summed E-state index contributed by atoms with van der Waals surface area (Å²) in [6, 6.07) is 4.24. The molecule has 0 saturated carbocycles. The molecule has 0 saturated heterocycles. The van der Waals surface area contributed by atoms with Crippen LogP contribution >= 0.6 is 0 Å². The van der Waals surface area contributed by atoms with Crippen molar-refractivity contribution in [2.24, 2.45) is 0 Å². The zero-order valence-electron chi connectivity index (χ0n) is 9.28. The maximum absolute atomic E-state index is 9.06. The molecule has 0 amide bonds. The van der Waals surface area contributed by atoms with E-state index in [1.165, 1.54) is 0 Å². The van der Waals surface area contributed by atoms with Crippen LogP contribution in [0.4, 0.5) is 5.82 Å². The van der Waals surface area contributed by atoms with E-state index in [-0.39, 0.29) is 6.61 Å². The maximum atomic E-state index is 9.06. The standard InChI is InChI=1S/C11H18N2O/c1-8(2)13(4)11-6-10(7-14)5-9(3)12-11/h5-6,8,14H,7H2,1-4H3. The van der Waals surface area contributed by atoms with Gasteiger partial charge in [0, 0.05) is 18.8 Å². The summed E-state index contributed by atoms with van der Waals surface area (Å²) in [7, 11) is 2.01. The Kier molecular flexibility index (Phi) is 3.47. The smallest absolute Gasteiger partial charge is 0.129 e. The van der Waals surface area contributed by atoms with Gasteiger partial charge in [-0.2, -0.15) is 0 Å². The number of aromatic nitrogens is 1. The molecule has 1 N–H and O–H groups in total. The Balaban J connectivity index is 3.02. The molecule has 0 radical (unpaired) electrons. The Bertz CT molecular complexity index is 310. The third-order valence-electron chi connectivity index (χ3n) is 2.32. The van der Waals surface area contributed by atoms with Crippen molar-refractivity contribution in [2.75, 3.05) is 11.9 Å². The van der Waals surface area contributed by atoms with Gasteiger partial charge < -0.3 is 10.0 Å². The number of hydrogen-bond donors (Lipinski definition) is 1. The highest BCUT2D eigenvalue weighted by molar-refractivity contribution is 5.42. The largest absolute Gasteiger partial charge is 0.392 e. The number of pyridine rings is 1. The molecule has 0 fully saturated rings. The molecule has 1 aromatic rings. The number of aliphatic hydroxyl groups excluding tert-OH is 1. The summed E-state index contributed by atoms with van der Waals surface area (Å²) in [6.07, 6.45) is 0. The number of aryl methyl sites for hydroxylation is 1. The van der Waals surface area contributed by atoms with Crippen LogP contribution in [0.5, 0.6) is 0 Å². The lowest BCUT2D eigenvalue weighted by Crippen LogP contribution is -2.26. The molecule has 14 heavy (non-hydrogen) atoms. The van der Waals surface area contributed by atoms with Crippen molar-refractivity contribution in [3.63, 3.8) is 0 Å². The van der Waals surface area contributed by atoms with E-state index in [0.29, 0.717) is 6.04 Å². The molecule has 0 atom stereocenters. The molecule has 3 heteroatoms. The average Bonchev–Trinajstić information content (AvgIpc) is 2.15. The fraction of sp³-hybridized carbons (Fsp3) is 0.545. The average molecular weight is 194 g/mol. The number of rotatable bonds is 3. The van der Waals surface area contributed by atoms with E-state index in [2.05, 4.69) is 23.7 Å². The summed E-state index contributed by atoms with van der Waals surface area (Å²) in [6.45, 7) is 6.24. The van der Waals surface area contributed by atoms with Crippen LogP contribution in [0, 0.1) is 6.92 Å². The summed E-state index contributed by atoms with van der Waals surface area (Å²) < 4.78 is 0. The minimum atomic E-state index is 0.0717. The molecular weight excluding hydrogens is 176 g/mol. The first kappa shape index (κ1) is 11.0. The van der Waals surface area contributed by atoms with E-state index in [1.807, 2.05) is 26.1 Å². The van der Waals surface area contributed by atoms with E-state index < -0.39 is 0 Å². The second kappa shape index (κ2) is 4.42. The normalized spacial score (nSPS) is 10.7. The van der Waals surface area contributed by atoms with E-state index >= 15 is 0 Å².